The zero-order chi connectivity index (χ0) is 41.9. The lowest BCUT2D eigenvalue weighted by molar-refractivity contribution is -0.139. The zero-order valence-electron chi connectivity index (χ0n) is 33.5. The molecule has 0 spiro atoms. The van der Waals surface area contributed by atoms with Gasteiger partial charge in [0.25, 0.3) is 11.8 Å². The number of carbonyl (C=O) groups excluding carboxylic acids is 6. The van der Waals surface area contributed by atoms with Gasteiger partial charge in [0, 0.05) is 50.1 Å². The molecule has 3 fully saturated rings. The maximum atomic E-state index is 13.3. The Hall–Kier alpha value is -4.88. The lowest BCUT2D eigenvalue weighted by Crippen LogP contribution is -2.54. The van der Waals surface area contributed by atoms with Crippen LogP contribution in [-0.4, -0.2) is 142 Å². The number of ether oxygens (including phenoxy) is 3. The van der Waals surface area contributed by atoms with E-state index < -0.39 is 41.7 Å². The summed E-state index contributed by atoms with van der Waals surface area (Å²) in [5, 5.41) is 13.3. The minimum atomic E-state index is -1.19. The topological polar surface area (TPSA) is 224 Å². The predicted octanol–water partition coefficient (Wildman–Crippen LogP) is 1.86. The van der Waals surface area contributed by atoms with Gasteiger partial charge in [0.1, 0.15) is 36.0 Å². The van der Waals surface area contributed by atoms with Gasteiger partial charge in [0.2, 0.25) is 29.5 Å². The fourth-order valence-corrected chi connectivity index (χ4v) is 10.6. The number of primary amides is 1. The molecule has 2 saturated heterocycles. The highest BCUT2D eigenvalue weighted by molar-refractivity contribution is 7.19. The molecule has 17 nitrogen and oxygen atoms in total. The number of nitrogens with two attached hydrogens (primary N) is 1. The number of nitrogens with one attached hydrogen (secondary N) is 1. The third-order valence-corrected chi connectivity index (χ3v) is 13.7. The largest absolute Gasteiger partial charge is 0.474 e. The highest BCUT2D eigenvalue weighted by atomic mass is 32.1. The van der Waals surface area contributed by atoms with Crippen molar-refractivity contribution in [2.24, 2.45) is 5.73 Å². The van der Waals surface area contributed by atoms with Crippen molar-refractivity contribution in [1.82, 2.24) is 30.0 Å². The van der Waals surface area contributed by atoms with Crippen LogP contribution in [0.25, 0.3) is 10.2 Å². The van der Waals surface area contributed by atoms with E-state index in [0.717, 1.165) is 72.3 Å². The van der Waals surface area contributed by atoms with Crippen LogP contribution < -0.4 is 15.8 Å². The van der Waals surface area contributed by atoms with Gasteiger partial charge < -0.3 is 30.0 Å². The van der Waals surface area contributed by atoms with Gasteiger partial charge in [-0.25, -0.2) is 9.97 Å². The lowest BCUT2D eigenvalue weighted by atomic mass is 9.91. The van der Waals surface area contributed by atoms with E-state index in [4.69, 9.17) is 19.9 Å². The summed E-state index contributed by atoms with van der Waals surface area (Å²) in [5.74, 6) is -2.26. The van der Waals surface area contributed by atoms with Gasteiger partial charge in [0.15, 0.2) is 0 Å². The number of aryl methyl sites for hydroxylation is 2. The van der Waals surface area contributed by atoms with Gasteiger partial charge in [0.05, 0.1) is 29.7 Å². The molecule has 0 bridgehead atoms. The summed E-state index contributed by atoms with van der Waals surface area (Å²) < 4.78 is 17.9. The first-order valence-electron chi connectivity index (χ1n) is 21.0. The Balaban J connectivity index is 0.711. The quantitative estimate of drug-likeness (QED) is 0.139. The minimum Gasteiger partial charge on any atom is -0.474 e. The number of rotatable bonds is 16. The summed E-state index contributed by atoms with van der Waals surface area (Å²) in [6.45, 7) is 3.84. The van der Waals surface area contributed by atoms with Crippen molar-refractivity contribution in [2.45, 2.75) is 101 Å². The SMILES string of the molecule is NC(=O)[C@@H](O)C[C@H]1CCc2sc3ncnc(OC4CCC(N5CCN(C(=O)COCCOCCCc6cccc7c6C(=O)N(C6CCC(=O)NC6=O)C7=O)CC5)CC4)c3c21. The Labute approximate surface area is 350 Å². The molecule has 3 aromatic rings. The first kappa shape index (κ1) is 41.8. The molecule has 5 heterocycles. The molecule has 3 atom stereocenters. The zero-order valence-corrected chi connectivity index (χ0v) is 34.3. The molecule has 1 aromatic carbocycles. The molecular formula is C42H51N7O10S. The number of piperazine rings is 1. The number of fused-ring (bicyclic) bond motifs is 4. The van der Waals surface area contributed by atoms with Crippen LogP contribution in [-0.2, 0) is 41.5 Å². The Morgan fingerprint density at radius 1 is 0.933 bits per heavy atom. The van der Waals surface area contributed by atoms with E-state index in [1.807, 2.05) is 4.90 Å². The number of thiophene rings is 1. The number of aliphatic hydroxyl groups is 1. The Bertz CT molecular complexity index is 2150. The number of benzene rings is 1. The van der Waals surface area contributed by atoms with E-state index in [0.29, 0.717) is 62.2 Å². The maximum absolute atomic E-state index is 13.3. The maximum Gasteiger partial charge on any atom is 0.262 e. The third kappa shape index (κ3) is 8.79. The number of aliphatic hydroxyl groups excluding tert-OH is 1. The van der Waals surface area contributed by atoms with Gasteiger partial charge in [-0.1, -0.05) is 12.1 Å². The molecular weight excluding hydrogens is 795 g/mol. The number of piperidine rings is 1. The van der Waals surface area contributed by atoms with E-state index in [9.17, 15) is 33.9 Å². The van der Waals surface area contributed by atoms with Crippen molar-refractivity contribution in [3.63, 3.8) is 0 Å². The van der Waals surface area contributed by atoms with Crippen LogP contribution in [0.15, 0.2) is 24.5 Å². The molecule has 60 heavy (non-hydrogen) atoms. The molecule has 5 aliphatic rings. The predicted molar refractivity (Wildman–Crippen MR) is 216 cm³/mol. The van der Waals surface area contributed by atoms with E-state index in [1.54, 1.807) is 35.9 Å². The highest BCUT2D eigenvalue weighted by Crippen LogP contribution is 2.48. The summed E-state index contributed by atoms with van der Waals surface area (Å²) in [6, 6.07) is 4.51. The Morgan fingerprint density at radius 2 is 1.72 bits per heavy atom. The summed E-state index contributed by atoms with van der Waals surface area (Å²) >= 11 is 1.63. The second-order valence-corrected chi connectivity index (χ2v) is 17.3. The van der Waals surface area contributed by atoms with Gasteiger partial charge in [-0.05, 0) is 87.3 Å². The van der Waals surface area contributed by atoms with Crippen LogP contribution >= 0.6 is 11.3 Å². The average molecular weight is 846 g/mol. The van der Waals surface area contributed by atoms with Crippen LogP contribution in [0.3, 0.4) is 0 Å². The number of nitrogens with zero attached hydrogens (tertiary/aromatic N) is 5. The van der Waals surface area contributed by atoms with Crippen LogP contribution in [0.5, 0.6) is 5.88 Å². The van der Waals surface area contributed by atoms with Crippen molar-refractivity contribution < 1.29 is 48.1 Å². The van der Waals surface area contributed by atoms with E-state index >= 15 is 0 Å². The summed E-state index contributed by atoms with van der Waals surface area (Å²) in [6.07, 6.45) is 7.38. The van der Waals surface area contributed by atoms with Crippen molar-refractivity contribution >= 4 is 57.0 Å². The first-order valence-corrected chi connectivity index (χ1v) is 21.8. The number of aromatic nitrogens is 2. The smallest absolute Gasteiger partial charge is 0.262 e. The number of imide groups is 2. The Kier molecular flexibility index (Phi) is 12.8. The molecule has 1 unspecified atom stereocenters. The van der Waals surface area contributed by atoms with Crippen molar-refractivity contribution in [1.29, 1.82) is 0 Å². The highest BCUT2D eigenvalue weighted by Gasteiger charge is 2.45. The van der Waals surface area contributed by atoms with Gasteiger partial charge in [-0.15, -0.1) is 11.3 Å². The summed E-state index contributed by atoms with van der Waals surface area (Å²) in [7, 11) is 0. The van der Waals surface area contributed by atoms with Crippen LogP contribution in [0.2, 0.25) is 0 Å². The fraction of sp³-hybridized carbons (Fsp3) is 0.571. The molecule has 1 saturated carbocycles. The van der Waals surface area contributed by atoms with Crippen molar-refractivity contribution in [3.05, 3.63) is 51.7 Å². The van der Waals surface area contributed by atoms with Gasteiger partial charge in [-0.3, -0.25) is 43.9 Å². The molecule has 18 heteroatoms. The normalized spacial score (nSPS) is 23.8. The number of hydrogen-bond donors (Lipinski definition) is 3. The Morgan fingerprint density at radius 3 is 2.48 bits per heavy atom. The molecule has 2 aliphatic carbocycles. The van der Waals surface area contributed by atoms with E-state index in [2.05, 4.69) is 20.2 Å². The number of carbonyl (C=O) groups is 6. The second kappa shape index (κ2) is 18.4. The number of amides is 6. The van der Waals surface area contributed by atoms with Crippen LogP contribution in [0.4, 0.5) is 0 Å². The molecule has 6 amide bonds. The molecule has 8 rings (SSSR count). The monoisotopic (exact) mass is 845 g/mol. The second-order valence-electron chi connectivity index (χ2n) is 16.2. The lowest BCUT2D eigenvalue weighted by Gasteiger charge is -2.41. The van der Waals surface area contributed by atoms with E-state index in [-0.39, 0.29) is 56.0 Å². The van der Waals surface area contributed by atoms with Crippen molar-refractivity contribution in [3.8, 4) is 5.88 Å². The standard InChI is InChI=1S/C42H51N7O10S/c43-37(53)30(50)21-25-6-12-31-35(25)36-39(44-23-45-40(36)60-31)59-27-9-7-26(8-10-27)47-14-16-48(17-15-47)33(52)22-58-20-19-57-18-2-4-24-3-1-5-28-34(24)42(56)49(41(28)55)29-11-13-32(51)46-38(29)54/h1,3,5,23,25-27,29-30,50H,2,4,6-22H2,(H2,43,53)(H,46,51,54)/t25-,26?,27?,29?,30+/m1/s1. The fourth-order valence-electron chi connectivity index (χ4n) is 9.40. The van der Waals surface area contributed by atoms with E-state index in [1.165, 1.54) is 4.88 Å². The average Bonchev–Trinajstić information content (AvgIpc) is 3.89. The third-order valence-electron chi connectivity index (χ3n) is 12.5. The van der Waals surface area contributed by atoms with Crippen LogP contribution in [0.1, 0.15) is 100 Å². The number of hydrogen-bond acceptors (Lipinski definition) is 14. The molecule has 320 valence electrons. The van der Waals surface area contributed by atoms with Crippen LogP contribution in [0, 0.1) is 0 Å². The summed E-state index contributed by atoms with van der Waals surface area (Å²) in [5.41, 5.74) is 7.71. The summed E-state index contributed by atoms with van der Waals surface area (Å²) in [4.78, 5) is 91.3. The van der Waals surface area contributed by atoms with Crippen molar-refractivity contribution in [2.75, 3.05) is 52.6 Å². The molecule has 4 N–H and O–H groups in total. The molecule has 3 aliphatic heterocycles. The molecule has 0 radical (unpaired) electrons. The van der Waals surface area contributed by atoms with Gasteiger partial charge >= 0.3 is 0 Å². The minimum absolute atomic E-state index is 0.00644. The molecule has 2 aromatic heterocycles. The first-order chi connectivity index (χ1) is 29.1. The van der Waals surface area contributed by atoms with Gasteiger partial charge in [-0.2, -0.15) is 0 Å².